The fraction of sp³-hybridized carbons (Fsp3) is 0.400. The molecular formula is C15H20N2O. The Labute approximate surface area is 109 Å². The summed E-state index contributed by atoms with van der Waals surface area (Å²) in [5.74, 6) is 5.75. The minimum atomic E-state index is -0.428. The molecule has 0 aromatic heterocycles. The standard InChI is InChI=1S/C15H20N2O/c1-11-7-8-12(6-5-9-16)13(10-11)17-14(18)15(2,3)4/h7-8,10H,9,16H2,1-4H3,(H,17,18). The Morgan fingerprint density at radius 1 is 1.39 bits per heavy atom. The van der Waals surface area contributed by atoms with E-state index in [0.717, 1.165) is 16.8 Å². The fourth-order valence-electron chi connectivity index (χ4n) is 1.33. The highest BCUT2D eigenvalue weighted by atomic mass is 16.2. The second-order valence-electron chi connectivity index (χ2n) is 5.26. The molecule has 18 heavy (non-hydrogen) atoms. The van der Waals surface area contributed by atoms with Crippen LogP contribution in [0.4, 0.5) is 5.69 Å². The van der Waals surface area contributed by atoms with Crippen LogP contribution in [-0.4, -0.2) is 12.5 Å². The van der Waals surface area contributed by atoms with Crippen LogP contribution in [0.3, 0.4) is 0 Å². The van der Waals surface area contributed by atoms with Gasteiger partial charge in [0.05, 0.1) is 12.2 Å². The summed E-state index contributed by atoms with van der Waals surface area (Å²) in [5.41, 5.74) is 7.56. The Kier molecular flexibility index (Phi) is 4.52. The number of carbonyl (C=O) groups is 1. The van der Waals surface area contributed by atoms with Crippen LogP contribution in [0.5, 0.6) is 0 Å². The summed E-state index contributed by atoms with van der Waals surface area (Å²) >= 11 is 0. The lowest BCUT2D eigenvalue weighted by Crippen LogP contribution is -2.28. The van der Waals surface area contributed by atoms with Gasteiger partial charge in [0.1, 0.15) is 0 Å². The summed E-state index contributed by atoms with van der Waals surface area (Å²) in [6.45, 7) is 7.92. The van der Waals surface area contributed by atoms with Gasteiger partial charge >= 0.3 is 0 Å². The van der Waals surface area contributed by atoms with Crippen molar-refractivity contribution < 1.29 is 4.79 Å². The molecule has 3 nitrogen and oxygen atoms in total. The lowest BCUT2D eigenvalue weighted by molar-refractivity contribution is -0.123. The van der Waals surface area contributed by atoms with E-state index in [0.29, 0.717) is 6.54 Å². The van der Waals surface area contributed by atoms with Crippen LogP contribution < -0.4 is 11.1 Å². The summed E-state index contributed by atoms with van der Waals surface area (Å²) < 4.78 is 0. The number of benzene rings is 1. The third kappa shape index (κ3) is 3.90. The predicted molar refractivity (Wildman–Crippen MR) is 75.2 cm³/mol. The number of anilines is 1. The molecule has 0 atom stereocenters. The minimum absolute atomic E-state index is 0.0242. The van der Waals surface area contributed by atoms with Crippen LogP contribution >= 0.6 is 0 Å². The van der Waals surface area contributed by atoms with E-state index < -0.39 is 5.41 Å². The van der Waals surface area contributed by atoms with Crippen molar-refractivity contribution in [1.29, 1.82) is 0 Å². The third-order valence-corrected chi connectivity index (χ3v) is 2.43. The van der Waals surface area contributed by atoms with Gasteiger partial charge in [-0.15, -0.1) is 0 Å². The van der Waals surface area contributed by atoms with Crippen molar-refractivity contribution in [2.45, 2.75) is 27.7 Å². The second-order valence-corrected chi connectivity index (χ2v) is 5.26. The zero-order chi connectivity index (χ0) is 13.8. The van der Waals surface area contributed by atoms with E-state index in [1.54, 1.807) is 0 Å². The van der Waals surface area contributed by atoms with Crippen LogP contribution in [0.15, 0.2) is 18.2 Å². The molecule has 3 heteroatoms. The molecule has 0 unspecified atom stereocenters. The summed E-state index contributed by atoms with van der Waals surface area (Å²) in [4.78, 5) is 12.0. The molecule has 0 aliphatic rings. The molecule has 0 heterocycles. The molecule has 96 valence electrons. The highest BCUT2D eigenvalue weighted by Crippen LogP contribution is 2.21. The van der Waals surface area contributed by atoms with Crippen LogP contribution in [0.25, 0.3) is 0 Å². The van der Waals surface area contributed by atoms with Gasteiger partial charge in [-0.25, -0.2) is 0 Å². The zero-order valence-electron chi connectivity index (χ0n) is 11.4. The Balaban J connectivity index is 3.07. The van der Waals surface area contributed by atoms with Crippen molar-refractivity contribution in [2.24, 2.45) is 11.1 Å². The van der Waals surface area contributed by atoms with Crippen molar-refractivity contribution >= 4 is 11.6 Å². The number of amides is 1. The van der Waals surface area contributed by atoms with E-state index in [-0.39, 0.29) is 5.91 Å². The van der Waals surface area contributed by atoms with Crippen LogP contribution in [-0.2, 0) is 4.79 Å². The smallest absolute Gasteiger partial charge is 0.229 e. The molecule has 0 saturated heterocycles. The molecule has 0 spiro atoms. The van der Waals surface area contributed by atoms with Gasteiger partial charge in [-0.05, 0) is 24.6 Å². The molecule has 0 aliphatic heterocycles. The monoisotopic (exact) mass is 244 g/mol. The molecule has 1 rings (SSSR count). The SMILES string of the molecule is Cc1ccc(C#CCN)c(NC(=O)C(C)(C)C)c1. The molecule has 0 radical (unpaired) electrons. The minimum Gasteiger partial charge on any atom is -0.324 e. The maximum Gasteiger partial charge on any atom is 0.229 e. The Morgan fingerprint density at radius 3 is 2.61 bits per heavy atom. The highest BCUT2D eigenvalue weighted by Gasteiger charge is 2.21. The van der Waals surface area contributed by atoms with E-state index in [9.17, 15) is 4.79 Å². The summed E-state index contributed by atoms with van der Waals surface area (Å²) in [5, 5.41) is 2.92. The molecule has 1 aromatic rings. The normalized spacial score (nSPS) is 10.5. The summed E-state index contributed by atoms with van der Waals surface area (Å²) in [7, 11) is 0. The maximum absolute atomic E-state index is 12.0. The average Bonchev–Trinajstić information content (AvgIpc) is 2.26. The number of carbonyl (C=O) groups excluding carboxylic acids is 1. The number of rotatable bonds is 1. The number of hydrogen-bond acceptors (Lipinski definition) is 2. The van der Waals surface area contributed by atoms with E-state index in [4.69, 9.17) is 5.73 Å². The Hall–Kier alpha value is -1.79. The van der Waals surface area contributed by atoms with Gasteiger partial charge < -0.3 is 11.1 Å². The zero-order valence-corrected chi connectivity index (χ0v) is 11.4. The lowest BCUT2D eigenvalue weighted by Gasteiger charge is -2.18. The van der Waals surface area contributed by atoms with Gasteiger partial charge in [0.25, 0.3) is 0 Å². The molecule has 0 saturated carbocycles. The topological polar surface area (TPSA) is 55.1 Å². The van der Waals surface area contributed by atoms with E-state index in [1.807, 2.05) is 45.9 Å². The Bertz CT molecular complexity index is 501. The van der Waals surface area contributed by atoms with Gasteiger partial charge in [0.2, 0.25) is 5.91 Å². The molecule has 0 bridgehead atoms. The molecule has 1 amide bonds. The van der Waals surface area contributed by atoms with E-state index in [2.05, 4.69) is 17.2 Å². The Morgan fingerprint density at radius 2 is 2.06 bits per heavy atom. The van der Waals surface area contributed by atoms with Gasteiger partial charge in [0.15, 0.2) is 0 Å². The van der Waals surface area contributed by atoms with Crippen molar-refractivity contribution in [3.8, 4) is 11.8 Å². The number of aryl methyl sites for hydroxylation is 1. The van der Waals surface area contributed by atoms with Crippen LogP contribution in [0, 0.1) is 24.2 Å². The lowest BCUT2D eigenvalue weighted by atomic mass is 9.95. The fourth-order valence-corrected chi connectivity index (χ4v) is 1.33. The first-order chi connectivity index (χ1) is 8.34. The summed E-state index contributed by atoms with van der Waals surface area (Å²) in [6, 6.07) is 5.79. The van der Waals surface area contributed by atoms with Gasteiger partial charge in [0, 0.05) is 11.0 Å². The van der Waals surface area contributed by atoms with E-state index >= 15 is 0 Å². The number of nitrogens with one attached hydrogen (secondary N) is 1. The molecule has 1 aromatic carbocycles. The first-order valence-electron chi connectivity index (χ1n) is 5.95. The largest absolute Gasteiger partial charge is 0.324 e. The molecular weight excluding hydrogens is 224 g/mol. The molecule has 0 fully saturated rings. The van der Waals surface area contributed by atoms with E-state index in [1.165, 1.54) is 0 Å². The van der Waals surface area contributed by atoms with Gasteiger partial charge in [-0.1, -0.05) is 38.7 Å². The van der Waals surface area contributed by atoms with Crippen molar-refractivity contribution in [3.05, 3.63) is 29.3 Å². The number of nitrogens with two attached hydrogens (primary N) is 1. The second kappa shape index (κ2) is 5.70. The average molecular weight is 244 g/mol. The van der Waals surface area contributed by atoms with Gasteiger partial charge in [-0.2, -0.15) is 0 Å². The quantitative estimate of drug-likeness (QED) is 0.745. The summed E-state index contributed by atoms with van der Waals surface area (Å²) in [6.07, 6.45) is 0. The van der Waals surface area contributed by atoms with Crippen LogP contribution in [0.1, 0.15) is 31.9 Å². The number of hydrogen-bond donors (Lipinski definition) is 2. The van der Waals surface area contributed by atoms with Crippen LogP contribution in [0.2, 0.25) is 0 Å². The first-order valence-corrected chi connectivity index (χ1v) is 5.95. The molecule has 0 aliphatic carbocycles. The third-order valence-electron chi connectivity index (χ3n) is 2.43. The van der Waals surface area contributed by atoms with Crippen molar-refractivity contribution in [1.82, 2.24) is 0 Å². The van der Waals surface area contributed by atoms with Crippen molar-refractivity contribution in [3.63, 3.8) is 0 Å². The maximum atomic E-state index is 12.0. The first kappa shape index (κ1) is 14.3. The highest BCUT2D eigenvalue weighted by molar-refractivity contribution is 5.95. The molecule has 3 N–H and O–H groups in total. The predicted octanol–water partition coefficient (Wildman–Crippen LogP) is 2.29. The van der Waals surface area contributed by atoms with Crippen molar-refractivity contribution in [2.75, 3.05) is 11.9 Å². The van der Waals surface area contributed by atoms with Gasteiger partial charge in [-0.3, -0.25) is 4.79 Å².